The van der Waals surface area contributed by atoms with E-state index in [0.717, 1.165) is 18.8 Å². The lowest BCUT2D eigenvalue weighted by Gasteiger charge is -2.10. The number of rotatable bonds is 7. The highest BCUT2D eigenvalue weighted by molar-refractivity contribution is 8.13. The molecule has 0 radical (unpaired) electrons. The summed E-state index contributed by atoms with van der Waals surface area (Å²) in [6, 6.07) is 3.97. The van der Waals surface area contributed by atoms with Crippen LogP contribution < -0.4 is 10.1 Å². The van der Waals surface area contributed by atoms with Crippen LogP contribution in [0.2, 0.25) is 0 Å². The average molecular weight is 332 g/mol. The van der Waals surface area contributed by atoms with Gasteiger partial charge < -0.3 is 10.1 Å². The molecule has 0 bridgehead atoms. The molecule has 0 atom stereocenters. The van der Waals surface area contributed by atoms with Crippen molar-refractivity contribution in [3.05, 3.63) is 23.8 Å². The van der Waals surface area contributed by atoms with Crippen LogP contribution in [0.15, 0.2) is 23.1 Å². The summed E-state index contributed by atoms with van der Waals surface area (Å²) < 4.78 is 27.8. The summed E-state index contributed by atoms with van der Waals surface area (Å²) in [6.45, 7) is 0.566. The van der Waals surface area contributed by atoms with Crippen LogP contribution in [0.3, 0.4) is 0 Å². The SMILES string of the molecule is COc1ccc(S(=O)(=O)Cl)cc1C(=O)NCCCC1CC1. The summed E-state index contributed by atoms with van der Waals surface area (Å²) in [7, 11) is 2.85. The lowest BCUT2D eigenvalue weighted by Crippen LogP contribution is -2.25. The van der Waals surface area contributed by atoms with Gasteiger partial charge in [0, 0.05) is 17.2 Å². The number of nitrogens with one attached hydrogen (secondary N) is 1. The summed E-state index contributed by atoms with van der Waals surface area (Å²) in [6.07, 6.45) is 4.62. The first-order valence-electron chi connectivity index (χ1n) is 6.82. The molecular formula is C14H18ClNO4S. The fourth-order valence-electron chi connectivity index (χ4n) is 2.11. The van der Waals surface area contributed by atoms with E-state index in [1.54, 1.807) is 0 Å². The van der Waals surface area contributed by atoms with E-state index in [-0.39, 0.29) is 16.4 Å². The van der Waals surface area contributed by atoms with Gasteiger partial charge in [0.15, 0.2) is 0 Å². The number of methoxy groups -OCH3 is 1. The summed E-state index contributed by atoms with van der Waals surface area (Å²) in [5.41, 5.74) is 0.172. The minimum absolute atomic E-state index is 0.118. The second-order valence-corrected chi connectivity index (χ2v) is 7.71. The number of benzene rings is 1. The minimum Gasteiger partial charge on any atom is -0.496 e. The number of ether oxygens (including phenoxy) is 1. The Morgan fingerprint density at radius 3 is 2.71 bits per heavy atom. The fourth-order valence-corrected chi connectivity index (χ4v) is 2.89. The second kappa shape index (κ2) is 6.66. The molecule has 2 rings (SSSR count). The van der Waals surface area contributed by atoms with E-state index in [2.05, 4.69) is 5.32 Å². The van der Waals surface area contributed by atoms with Crippen LogP contribution in [0.5, 0.6) is 5.75 Å². The standard InChI is InChI=1S/C14H18ClNO4S/c1-20-13-7-6-11(21(15,18)19)9-12(13)14(17)16-8-2-3-10-4-5-10/h6-7,9-10H,2-5,8H2,1H3,(H,16,17). The number of carbonyl (C=O) groups excluding carboxylic acids is 1. The highest BCUT2D eigenvalue weighted by atomic mass is 35.7. The molecule has 0 unspecified atom stereocenters. The monoisotopic (exact) mass is 331 g/mol. The molecule has 1 amide bonds. The summed E-state index contributed by atoms with van der Waals surface area (Å²) in [5, 5.41) is 2.78. The third-order valence-electron chi connectivity index (χ3n) is 3.47. The smallest absolute Gasteiger partial charge is 0.261 e. The zero-order chi connectivity index (χ0) is 15.5. The van der Waals surface area contributed by atoms with E-state index in [9.17, 15) is 13.2 Å². The Morgan fingerprint density at radius 1 is 1.43 bits per heavy atom. The van der Waals surface area contributed by atoms with Gasteiger partial charge in [-0.1, -0.05) is 12.8 Å². The predicted molar refractivity (Wildman–Crippen MR) is 80.3 cm³/mol. The van der Waals surface area contributed by atoms with E-state index in [1.165, 1.54) is 38.2 Å². The largest absolute Gasteiger partial charge is 0.496 e. The lowest BCUT2D eigenvalue weighted by molar-refractivity contribution is 0.0949. The first-order chi connectivity index (χ1) is 9.91. The van der Waals surface area contributed by atoms with Crippen molar-refractivity contribution in [3.63, 3.8) is 0 Å². The highest BCUT2D eigenvalue weighted by Gasteiger charge is 2.21. The number of carbonyl (C=O) groups is 1. The van der Waals surface area contributed by atoms with Gasteiger partial charge in [-0.25, -0.2) is 8.42 Å². The number of amides is 1. The molecule has 1 aromatic rings. The van der Waals surface area contributed by atoms with Crippen LogP contribution in [0, 0.1) is 5.92 Å². The molecule has 116 valence electrons. The molecule has 1 aliphatic carbocycles. The molecule has 21 heavy (non-hydrogen) atoms. The van der Waals surface area contributed by atoms with Crippen LogP contribution in [0.1, 0.15) is 36.0 Å². The second-order valence-electron chi connectivity index (χ2n) is 5.14. The van der Waals surface area contributed by atoms with Gasteiger partial charge in [0.05, 0.1) is 17.6 Å². The molecule has 1 aliphatic rings. The number of halogens is 1. The first kappa shape index (κ1) is 16.1. The van der Waals surface area contributed by atoms with Crippen molar-refractivity contribution in [3.8, 4) is 5.75 Å². The van der Waals surface area contributed by atoms with Gasteiger partial charge in [-0.3, -0.25) is 4.79 Å². The summed E-state index contributed by atoms with van der Waals surface area (Å²) >= 11 is 0. The maximum Gasteiger partial charge on any atom is 0.261 e. The average Bonchev–Trinajstić information content (AvgIpc) is 3.25. The molecular weight excluding hydrogens is 314 g/mol. The van der Waals surface area contributed by atoms with Gasteiger partial charge in [0.25, 0.3) is 15.0 Å². The van der Waals surface area contributed by atoms with Crippen molar-refractivity contribution >= 4 is 25.6 Å². The van der Waals surface area contributed by atoms with Crippen molar-refractivity contribution in [2.24, 2.45) is 5.92 Å². The Balaban J connectivity index is 2.05. The van der Waals surface area contributed by atoms with E-state index < -0.39 is 9.05 Å². The quantitative estimate of drug-likeness (QED) is 0.615. The first-order valence-corrected chi connectivity index (χ1v) is 9.13. The van der Waals surface area contributed by atoms with Crippen molar-refractivity contribution in [2.75, 3.05) is 13.7 Å². The highest BCUT2D eigenvalue weighted by Crippen LogP contribution is 2.33. The molecule has 1 aromatic carbocycles. The Hall–Kier alpha value is -1.27. The number of hydrogen-bond acceptors (Lipinski definition) is 4. The van der Waals surface area contributed by atoms with Crippen molar-refractivity contribution in [2.45, 2.75) is 30.6 Å². The van der Waals surface area contributed by atoms with E-state index >= 15 is 0 Å². The molecule has 0 spiro atoms. The van der Waals surface area contributed by atoms with E-state index in [0.29, 0.717) is 12.3 Å². The normalized spacial score (nSPS) is 14.8. The Bertz CT molecular complexity index is 626. The van der Waals surface area contributed by atoms with Gasteiger partial charge in [-0.05, 0) is 37.0 Å². The molecule has 0 heterocycles. The van der Waals surface area contributed by atoms with Crippen LogP contribution >= 0.6 is 10.7 Å². The predicted octanol–water partition coefficient (Wildman–Crippen LogP) is 2.54. The zero-order valence-electron chi connectivity index (χ0n) is 11.8. The molecule has 1 N–H and O–H groups in total. The van der Waals surface area contributed by atoms with E-state index in [1.807, 2.05) is 0 Å². The van der Waals surface area contributed by atoms with Gasteiger partial charge in [0.1, 0.15) is 5.75 Å². The van der Waals surface area contributed by atoms with Gasteiger partial charge >= 0.3 is 0 Å². The Labute approximate surface area is 129 Å². The topological polar surface area (TPSA) is 72.5 Å². The number of hydrogen-bond donors (Lipinski definition) is 1. The molecule has 5 nitrogen and oxygen atoms in total. The van der Waals surface area contributed by atoms with Gasteiger partial charge in [-0.2, -0.15) is 0 Å². The molecule has 1 fully saturated rings. The third-order valence-corrected chi connectivity index (χ3v) is 4.82. The molecule has 0 aromatic heterocycles. The van der Waals surface area contributed by atoms with Crippen LogP contribution in [0.25, 0.3) is 0 Å². The maximum atomic E-state index is 12.1. The fraction of sp³-hybridized carbons (Fsp3) is 0.500. The van der Waals surface area contributed by atoms with Crippen molar-refractivity contribution in [1.82, 2.24) is 5.32 Å². The van der Waals surface area contributed by atoms with Crippen LogP contribution in [-0.2, 0) is 9.05 Å². The Morgan fingerprint density at radius 2 is 2.14 bits per heavy atom. The van der Waals surface area contributed by atoms with Crippen LogP contribution in [-0.4, -0.2) is 28.0 Å². The molecule has 0 aliphatic heterocycles. The van der Waals surface area contributed by atoms with Gasteiger partial charge in [0.2, 0.25) is 0 Å². The van der Waals surface area contributed by atoms with Crippen molar-refractivity contribution in [1.29, 1.82) is 0 Å². The zero-order valence-corrected chi connectivity index (χ0v) is 13.3. The molecule has 7 heteroatoms. The maximum absolute atomic E-state index is 12.1. The summed E-state index contributed by atoms with van der Waals surface area (Å²) in [4.78, 5) is 12.0. The summed E-state index contributed by atoms with van der Waals surface area (Å²) in [5.74, 6) is 0.782. The van der Waals surface area contributed by atoms with Gasteiger partial charge in [-0.15, -0.1) is 0 Å². The molecule has 0 saturated heterocycles. The van der Waals surface area contributed by atoms with E-state index in [4.69, 9.17) is 15.4 Å². The Kier molecular flexibility index (Phi) is 5.11. The third kappa shape index (κ3) is 4.61. The minimum atomic E-state index is -3.88. The lowest BCUT2D eigenvalue weighted by atomic mass is 10.1. The van der Waals surface area contributed by atoms with Crippen molar-refractivity contribution < 1.29 is 17.9 Å². The molecule has 1 saturated carbocycles. The van der Waals surface area contributed by atoms with Crippen LogP contribution in [0.4, 0.5) is 0 Å².